The first kappa shape index (κ1) is 14.1. The minimum absolute atomic E-state index is 0.0645. The van der Waals surface area contributed by atoms with Gasteiger partial charge in [-0.3, -0.25) is 4.98 Å². The van der Waals surface area contributed by atoms with Crippen molar-refractivity contribution in [3.05, 3.63) is 63.9 Å². The molecule has 2 nitrogen and oxygen atoms in total. The quantitative estimate of drug-likeness (QED) is 0.934. The van der Waals surface area contributed by atoms with E-state index >= 15 is 0 Å². The van der Waals surface area contributed by atoms with E-state index in [0.717, 1.165) is 10.0 Å². The van der Waals surface area contributed by atoms with Crippen LogP contribution in [-0.2, 0) is 12.8 Å². The van der Waals surface area contributed by atoms with E-state index in [9.17, 15) is 13.9 Å². The molecule has 1 unspecified atom stereocenters. The van der Waals surface area contributed by atoms with Crippen LogP contribution in [0.25, 0.3) is 0 Å². The molecule has 1 aromatic carbocycles. The van der Waals surface area contributed by atoms with E-state index in [4.69, 9.17) is 0 Å². The number of hydrogen-bond donors (Lipinski definition) is 1. The lowest BCUT2D eigenvalue weighted by Gasteiger charge is -2.12. The third-order valence-corrected chi connectivity index (χ3v) is 3.17. The van der Waals surface area contributed by atoms with Crippen LogP contribution in [0.1, 0.15) is 11.1 Å². The van der Waals surface area contributed by atoms with Crippen molar-refractivity contribution in [2.45, 2.75) is 18.9 Å². The number of aliphatic hydroxyl groups is 1. The number of halogens is 3. The largest absolute Gasteiger partial charge is 0.392 e. The molecule has 0 radical (unpaired) electrons. The molecule has 5 heteroatoms. The third-order valence-electron chi connectivity index (χ3n) is 2.73. The number of hydrogen-bond acceptors (Lipinski definition) is 2. The molecule has 1 heterocycles. The average molecular weight is 328 g/mol. The zero-order chi connectivity index (χ0) is 13.8. The van der Waals surface area contributed by atoms with Crippen molar-refractivity contribution in [1.82, 2.24) is 4.98 Å². The van der Waals surface area contributed by atoms with E-state index in [2.05, 4.69) is 20.9 Å². The van der Waals surface area contributed by atoms with E-state index in [1.165, 1.54) is 18.2 Å². The van der Waals surface area contributed by atoms with Crippen molar-refractivity contribution in [1.29, 1.82) is 0 Å². The molecule has 0 fully saturated rings. The highest BCUT2D eigenvalue weighted by Gasteiger charge is 2.14. The summed E-state index contributed by atoms with van der Waals surface area (Å²) >= 11 is 3.28. The molecule has 100 valence electrons. The second kappa shape index (κ2) is 6.21. The molecule has 2 aromatic rings. The summed E-state index contributed by atoms with van der Waals surface area (Å²) in [5.41, 5.74) is 0.719. The maximum absolute atomic E-state index is 13.4. The molecule has 19 heavy (non-hydrogen) atoms. The standard InChI is InChI=1S/C14H12BrF2NO/c15-10-4-9(7-18-8-10)5-11(19)6-12-13(16)2-1-3-14(12)17/h1-4,7-8,11,19H,5-6H2. The van der Waals surface area contributed by atoms with Crippen molar-refractivity contribution in [2.24, 2.45) is 0 Å². The van der Waals surface area contributed by atoms with Crippen LogP contribution in [0.2, 0.25) is 0 Å². The van der Waals surface area contributed by atoms with Gasteiger partial charge in [0.05, 0.1) is 6.10 Å². The molecule has 0 amide bonds. The predicted molar refractivity (Wildman–Crippen MR) is 71.7 cm³/mol. The molecule has 1 N–H and O–H groups in total. The van der Waals surface area contributed by atoms with Gasteiger partial charge in [-0.1, -0.05) is 6.07 Å². The van der Waals surface area contributed by atoms with E-state index in [0.29, 0.717) is 6.42 Å². The van der Waals surface area contributed by atoms with Crippen LogP contribution in [-0.4, -0.2) is 16.2 Å². The SMILES string of the molecule is OC(Cc1cncc(Br)c1)Cc1c(F)cccc1F. The van der Waals surface area contributed by atoms with Gasteiger partial charge in [0, 0.05) is 35.3 Å². The number of aromatic nitrogens is 1. The molecule has 0 aliphatic heterocycles. The molecule has 1 aromatic heterocycles. The molecule has 1 atom stereocenters. The van der Waals surface area contributed by atoms with Crippen LogP contribution < -0.4 is 0 Å². The summed E-state index contributed by atoms with van der Waals surface area (Å²) in [5, 5.41) is 9.92. The second-order valence-corrected chi connectivity index (χ2v) is 5.19. The van der Waals surface area contributed by atoms with Crippen molar-refractivity contribution in [3.63, 3.8) is 0 Å². The lowest BCUT2D eigenvalue weighted by molar-refractivity contribution is 0.172. The fourth-order valence-corrected chi connectivity index (χ4v) is 2.29. The van der Waals surface area contributed by atoms with Crippen LogP contribution in [0, 0.1) is 11.6 Å². The minimum Gasteiger partial charge on any atom is -0.392 e. The molecule has 2 rings (SSSR count). The molecule has 0 aliphatic carbocycles. The fourth-order valence-electron chi connectivity index (χ4n) is 1.87. The Bertz CT molecular complexity index is 557. The van der Waals surface area contributed by atoms with Gasteiger partial charge in [-0.2, -0.15) is 0 Å². The summed E-state index contributed by atoms with van der Waals surface area (Å²) < 4.78 is 27.7. The number of aliphatic hydroxyl groups excluding tert-OH is 1. The Morgan fingerprint density at radius 1 is 1.16 bits per heavy atom. The van der Waals surface area contributed by atoms with Crippen LogP contribution in [0.15, 0.2) is 41.1 Å². The zero-order valence-electron chi connectivity index (χ0n) is 9.98. The summed E-state index contributed by atoms with van der Waals surface area (Å²) in [4.78, 5) is 3.97. The Hall–Kier alpha value is -1.33. The Kier molecular flexibility index (Phi) is 4.61. The van der Waals surface area contributed by atoms with Gasteiger partial charge in [-0.05, 0) is 39.7 Å². The smallest absolute Gasteiger partial charge is 0.129 e. The highest BCUT2D eigenvalue weighted by molar-refractivity contribution is 9.10. The summed E-state index contributed by atoms with van der Waals surface area (Å²) in [6.45, 7) is 0. The summed E-state index contributed by atoms with van der Waals surface area (Å²) in [7, 11) is 0. The fraction of sp³-hybridized carbons (Fsp3) is 0.214. The molecule has 0 spiro atoms. The first-order chi connectivity index (χ1) is 9.06. The molecule has 0 aliphatic rings. The van der Waals surface area contributed by atoms with Crippen molar-refractivity contribution < 1.29 is 13.9 Å². The monoisotopic (exact) mass is 327 g/mol. The van der Waals surface area contributed by atoms with Gasteiger partial charge in [0.2, 0.25) is 0 Å². The Labute approximate surface area is 118 Å². The summed E-state index contributed by atoms with van der Waals surface area (Å²) in [5.74, 6) is -1.27. The highest BCUT2D eigenvalue weighted by Crippen LogP contribution is 2.17. The maximum atomic E-state index is 13.4. The summed E-state index contributed by atoms with van der Waals surface area (Å²) in [6.07, 6.45) is 2.62. The Morgan fingerprint density at radius 2 is 1.84 bits per heavy atom. The molecule has 0 saturated heterocycles. The lowest BCUT2D eigenvalue weighted by Crippen LogP contribution is -2.16. The van der Waals surface area contributed by atoms with Crippen LogP contribution in [0.4, 0.5) is 8.78 Å². The Morgan fingerprint density at radius 3 is 2.47 bits per heavy atom. The molecule has 0 saturated carbocycles. The first-order valence-corrected chi connectivity index (χ1v) is 6.56. The van der Waals surface area contributed by atoms with Gasteiger partial charge >= 0.3 is 0 Å². The van der Waals surface area contributed by atoms with Gasteiger partial charge in [0.15, 0.2) is 0 Å². The first-order valence-electron chi connectivity index (χ1n) is 5.76. The van der Waals surface area contributed by atoms with Gasteiger partial charge in [0.25, 0.3) is 0 Å². The predicted octanol–water partition coefficient (Wildman–Crippen LogP) is 3.27. The molecular weight excluding hydrogens is 316 g/mol. The topological polar surface area (TPSA) is 33.1 Å². The van der Waals surface area contributed by atoms with Crippen molar-refractivity contribution in [3.8, 4) is 0 Å². The average Bonchev–Trinajstić information content (AvgIpc) is 2.34. The molecule has 0 bridgehead atoms. The van der Waals surface area contributed by atoms with E-state index in [1.807, 2.05) is 6.07 Å². The van der Waals surface area contributed by atoms with Gasteiger partial charge in [0.1, 0.15) is 11.6 Å². The van der Waals surface area contributed by atoms with Crippen LogP contribution in [0.5, 0.6) is 0 Å². The summed E-state index contributed by atoms with van der Waals surface area (Å²) in [6, 6.07) is 5.49. The van der Waals surface area contributed by atoms with E-state index in [1.54, 1.807) is 12.4 Å². The zero-order valence-corrected chi connectivity index (χ0v) is 11.6. The van der Waals surface area contributed by atoms with Crippen LogP contribution >= 0.6 is 15.9 Å². The van der Waals surface area contributed by atoms with Crippen molar-refractivity contribution >= 4 is 15.9 Å². The molecular formula is C14H12BrF2NO. The normalized spacial score (nSPS) is 12.4. The Balaban J connectivity index is 2.07. The van der Waals surface area contributed by atoms with Crippen LogP contribution in [0.3, 0.4) is 0 Å². The highest BCUT2D eigenvalue weighted by atomic mass is 79.9. The number of benzene rings is 1. The van der Waals surface area contributed by atoms with Crippen molar-refractivity contribution in [2.75, 3.05) is 0 Å². The second-order valence-electron chi connectivity index (χ2n) is 4.27. The number of nitrogens with zero attached hydrogens (tertiary/aromatic N) is 1. The lowest BCUT2D eigenvalue weighted by atomic mass is 10.0. The van der Waals surface area contributed by atoms with Gasteiger partial charge < -0.3 is 5.11 Å². The third kappa shape index (κ3) is 3.81. The van der Waals surface area contributed by atoms with Gasteiger partial charge in [-0.25, -0.2) is 8.78 Å². The number of pyridine rings is 1. The van der Waals surface area contributed by atoms with E-state index in [-0.39, 0.29) is 12.0 Å². The van der Waals surface area contributed by atoms with E-state index < -0.39 is 17.7 Å². The minimum atomic E-state index is -0.859. The van der Waals surface area contributed by atoms with Gasteiger partial charge in [-0.15, -0.1) is 0 Å². The number of rotatable bonds is 4. The maximum Gasteiger partial charge on any atom is 0.129 e.